The van der Waals surface area contributed by atoms with E-state index in [1.807, 2.05) is 0 Å². The van der Waals surface area contributed by atoms with E-state index in [0.717, 1.165) is 25.9 Å². The molecule has 5 nitrogen and oxygen atoms in total. The lowest BCUT2D eigenvalue weighted by atomic mass is 10.0. The molecule has 1 amide bonds. The molecule has 0 radical (unpaired) electrons. The van der Waals surface area contributed by atoms with Crippen molar-refractivity contribution in [2.45, 2.75) is 44.2 Å². The lowest BCUT2D eigenvalue weighted by molar-refractivity contribution is -0.121. The highest BCUT2D eigenvalue weighted by atomic mass is 32.2. The van der Waals surface area contributed by atoms with Crippen LogP contribution in [0.1, 0.15) is 31.2 Å². The number of nitrogens with one attached hydrogen (secondary N) is 1. The van der Waals surface area contributed by atoms with E-state index >= 15 is 0 Å². The number of halogens is 1. The van der Waals surface area contributed by atoms with Gasteiger partial charge in [0.2, 0.25) is 5.91 Å². The van der Waals surface area contributed by atoms with E-state index < -0.39 is 9.84 Å². The molecular formula is C18H25FN2O3S. The van der Waals surface area contributed by atoms with Gasteiger partial charge in [-0.25, -0.2) is 12.8 Å². The van der Waals surface area contributed by atoms with Crippen LogP contribution in [0.5, 0.6) is 0 Å². The molecule has 0 aromatic heterocycles. The predicted octanol–water partition coefficient (Wildman–Crippen LogP) is 1.53. The van der Waals surface area contributed by atoms with Crippen LogP contribution in [0.15, 0.2) is 24.3 Å². The van der Waals surface area contributed by atoms with Crippen molar-refractivity contribution < 1.29 is 17.6 Å². The van der Waals surface area contributed by atoms with Crippen LogP contribution in [0.25, 0.3) is 0 Å². The zero-order chi connectivity index (χ0) is 17.9. The van der Waals surface area contributed by atoms with Gasteiger partial charge < -0.3 is 10.2 Å². The van der Waals surface area contributed by atoms with E-state index in [1.165, 1.54) is 6.07 Å². The number of hydrogen-bond donors (Lipinski definition) is 1. The van der Waals surface area contributed by atoms with Gasteiger partial charge in [-0.3, -0.25) is 4.79 Å². The lowest BCUT2D eigenvalue weighted by Crippen LogP contribution is -2.50. The second-order valence-electron chi connectivity index (χ2n) is 7.03. The Morgan fingerprint density at radius 1 is 1.12 bits per heavy atom. The van der Waals surface area contributed by atoms with E-state index in [2.05, 4.69) is 10.2 Å². The Morgan fingerprint density at radius 3 is 2.40 bits per heavy atom. The third-order valence-corrected chi connectivity index (χ3v) is 6.96. The van der Waals surface area contributed by atoms with Gasteiger partial charge in [0.05, 0.1) is 17.9 Å². The van der Waals surface area contributed by atoms with Crippen molar-refractivity contribution in [3.63, 3.8) is 0 Å². The van der Waals surface area contributed by atoms with Crippen LogP contribution >= 0.6 is 0 Å². The molecule has 1 aromatic carbocycles. The van der Waals surface area contributed by atoms with Crippen molar-refractivity contribution in [3.05, 3.63) is 35.6 Å². The van der Waals surface area contributed by atoms with Crippen LogP contribution in [0, 0.1) is 5.82 Å². The molecule has 2 fully saturated rings. The summed E-state index contributed by atoms with van der Waals surface area (Å²) in [6.45, 7) is 1.74. The SMILES string of the molecule is O=C(Cc1ccccc1F)NC1CCN(C2CCS(=O)(=O)CC2)CC1. The molecule has 0 saturated carbocycles. The zero-order valence-corrected chi connectivity index (χ0v) is 15.1. The number of piperidine rings is 1. The van der Waals surface area contributed by atoms with Gasteiger partial charge in [0.15, 0.2) is 0 Å². The van der Waals surface area contributed by atoms with Crippen molar-refractivity contribution in [3.8, 4) is 0 Å². The van der Waals surface area contributed by atoms with E-state index in [9.17, 15) is 17.6 Å². The molecule has 1 N–H and O–H groups in total. The first-order valence-electron chi connectivity index (χ1n) is 8.90. The fourth-order valence-corrected chi connectivity index (χ4v) is 5.21. The topological polar surface area (TPSA) is 66.5 Å². The summed E-state index contributed by atoms with van der Waals surface area (Å²) in [5, 5.41) is 3.00. The van der Waals surface area contributed by atoms with Crippen molar-refractivity contribution in [1.29, 1.82) is 0 Å². The number of carbonyl (C=O) groups is 1. The first-order chi connectivity index (χ1) is 11.9. The fraction of sp³-hybridized carbons (Fsp3) is 0.611. The van der Waals surface area contributed by atoms with Crippen molar-refractivity contribution in [2.75, 3.05) is 24.6 Å². The number of likely N-dealkylation sites (tertiary alicyclic amines) is 1. The second kappa shape index (κ2) is 7.83. The summed E-state index contributed by atoms with van der Waals surface area (Å²) < 4.78 is 36.7. The number of nitrogens with zero attached hydrogens (tertiary/aromatic N) is 1. The summed E-state index contributed by atoms with van der Waals surface area (Å²) in [7, 11) is -2.83. The molecule has 0 spiro atoms. The molecule has 7 heteroatoms. The van der Waals surface area contributed by atoms with Gasteiger partial charge in [-0.2, -0.15) is 0 Å². The Balaban J connectivity index is 1.43. The standard InChI is InChI=1S/C18H25FN2O3S/c19-17-4-2-1-3-14(17)13-18(22)20-15-5-9-21(10-6-15)16-7-11-25(23,24)12-8-16/h1-4,15-16H,5-13H2,(H,20,22). The number of amides is 1. The minimum atomic E-state index is -2.83. The van der Waals surface area contributed by atoms with Crippen LogP contribution in [0.4, 0.5) is 4.39 Å². The molecule has 2 heterocycles. The Bertz CT molecular complexity index is 701. The van der Waals surface area contributed by atoms with Gasteiger partial charge in [-0.15, -0.1) is 0 Å². The molecular weight excluding hydrogens is 343 g/mol. The molecule has 0 atom stereocenters. The molecule has 25 heavy (non-hydrogen) atoms. The van der Waals surface area contributed by atoms with Gasteiger partial charge >= 0.3 is 0 Å². The number of carbonyl (C=O) groups excluding carboxylic acids is 1. The summed E-state index contributed by atoms with van der Waals surface area (Å²) in [5.41, 5.74) is 0.417. The Hall–Kier alpha value is -1.47. The molecule has 0 unspecified atom stereocenters. The Kier molecular flexibility index (Phi) is 5.74. The molecule has 0 bridgehead atoms. The number of sulfone groups is 1. The van der Waals surface area contributed by atoms with Crippen LogP contribution in [-0.4, -0.2) is 55.9 Å². The normalized spacial score (nSPS) is 22.6. The average molecular weight is 368 g/mol. The number of rotatable bonds is 4. The van der Waals surface area contributed by atoms with Gasteiger partial charge in [0.25, 0.3) is 0 Å². The summed E-state index contributed by atoms with van der Waals surface area (Å²) in [5.74, 6) is 0.0838. The minimum absolute atomic E-state index is 0.0629. The van der Waals surface area contributed by atoms with Gasteiger partial charge in [0, 0.05) is 25.2 Å². The van der Waals surface area contributed by atoms with E-state index in [-0.39, 0.29) is 35.7 Å². The highest BCUT2D eigenvalue weighted by Crippen LogP contribution is 2.22. The van der Waals surface area contributed by atoms with E-state index in [0.29, 0.717) is 24.4 Å². The lowest BCUT2D eigenvalue weighted by Gasteiger charge is -2.39. The van der Waals surface area contributed by atoms with Crippen LogP contribution in [0.2, 0.25) is 0 Å². The molecule has 3 rings (SSSR count). The number of benzene rings is 1. The quantitative estimate of drug-likeness (QED) is 0.875. The predicted molar refractivity (Wildman–Crippen MR) is 94.5 cm³/mol. The summed E-state index contributed by atoms with van der Waals surface area (Å²) >= 11 is 0. The Labute approximate surface area is 148 Å². The van der Waals surface area contributed by atoms with Crippen molar-refractivity contribution in [2.24, 2.45) is 0 Å². The van der Waals surface area contributed by atoms with Crippen LogP contribution in [0.3, 0.4) is 0 Å². The van der Waals surface area contributed by atoms with Gasteiger partial charge in [-0.05, 0) is 37.3 Å². The van der Waals surface area contributed by atoms with Gasteiger partial charge in [0.1, 0.15) is 15.7 Å². The maximum Gasteiger partial charge on any atom is 0.224 e. The Morgan fingerprint density at radius 2 is 1.76 bits per heavy atom. The molecule has 2 saturated heterocycles. The van der Waals surface area contributed by atoms with E-state index in [4.69, 9.17) is 0 Å². The molecule has 2 aliphatic rings. The molecule has 0 aliphatic carbocycles. The zero-order valence-electron chi connectivity index (χ0n) is 14.3. The maximum absolute atomic E-state index is 13.6. The van der Waals surface area contributed by atoms with E-state index in [1.54, 1.807) is 18.2 Å². The van der Waals surface area contributed by atoms with Crippen molar-refractivity contribution >= 4 is 15.7 Å². The summed E-state index contributed by atoms with van der Waals surface area (Å²) in [6.07, 6.45) is 3.20. The highest BCUT2D eigenvalue weighted by molar-refractivity contribution is 7.91. The first kappa shape index (κ1) is 18.3. The smallest absolute Gasteiger partial charge is 0.224 e. The molecule has 1 aromatic rings. The summed E-state index contributed by atoms with van der Waals surface area (Å²) in [4.78, 5) is 14.5. The monoisotopic (exact) mass is 368 g/mol. The second-order valence-corrected chi connectivity index (χ2v) is 9.33. The number of hydrogen-bond acceptors (Lipinski definition) is 4. The van der Waals surface area contributed by atoms with Crippen LogP contribution < -0.4 is 5.32 Å². The van der Waals surface area contributed by atoms with Crippen molar-refractivity contribution in [1.82, 2.24) is 10.2 Å². The molecule has 2 aliphatic heterocycles. The minimum Gasteiger partial charge on any atom is -0.353 e. The largest absolute Gasteiger partial charge is 0.353 e. The molecule has 138 valence electrons. The highest BCUT2D eigenvalue weighted by Gasteiger charge is 2.30. The third-order valence-electron chi connectivity index (χ3n) is 5.24. The van der Waals surface area contributed by atoms with Gasteiger partial charge in [-0.1, -0.05) is 18.2 Å². The summed E-state index contributed by atoms with van der Waals surface area (Å²) in [6, 6.07) is 6.80. The first-order valence-corrected chi connectivity index (χ1v) is 10.7. The maximum atomic E-state index is 13.6. The third kappa shape index (κ3) is 5.01. The fourth-order valence-electron chi connectivity index (χ4n) is 3.75. The average Bonchev–Trinajstić information content (AvgIpc) is 2.58. The van der Waals surface area contributed by atoms with Crippen LogP contribution in [-0.2, 0) is 21.1 Å².